The second-order valence-electron chi connectivity index (χ2n) is 6.96. The zero-order chi connectivity index (χ0) is 21.2. The fraction of sp³-hybridized carbons (Fsp3) is 0.391. The molecule has 2 amide bonds. The average Bonchev–Trinajstić information content (AvgIpc) is 2.73. The van der Waals surface area contributed by atoms with E-state index in [1.807, 2.05) is 19.1 Å². The van der Waals surface area contributed by atoms with Crippen LogP contribution in [0.1, 0.15) is 37.8 Å². The van der Waals surface area contributed by atoms with Crippen LogP contribution < -0.4 is 10.1 Å². The Morgan fingerprint density at radius 1 is 1.14 bits per heavy atom. The molecule has 1 atom stereocenters. The van der Waals surface area contributed by atoms with Crippen molar-refractivity contribution in [2.24, 2.45) is 0 Å². The predicted molar refractivity (Wildman–Crippen MR) is 111 cm³/mol. The fourth-order valence-electron chi connectivity index (χ4n) is 2.95. The van der Waals surface area contributed by atoms with Crippen LogP contribution in [0.25, 0.3) is 0 Å². The molecule has 0 bridgehead atoms. The number of hydrogen-bond acceptors (Lipinski definition) is 3. The highest BCUT2D eigenvalue weighted by Crippen LogP contribution is 2.16. The molecule has 0 aliphatic heterocycles. The Kier molecular flexibility index (Phi) is 8.65. The van der Waals surface area contributed by atoms with Crippen molar-refractivity contribution in [1.82, 2.24) is 10.2 Å². The first-order valence-electron chi connectivity index (χ1n) is 9.89. The van der Waals surface area contributed by atoms with Crippen molar-refractivity contribution >= 4 is 11.8 Å². The van der Waals surface area contributed by atoms with Crippen molar-refractivity contribution < 1.29 is 18.7 Å². The molecule has 0 saturated carbocycles. The van der Waals surface area contributed by atoms with Gasteiger partial charge in [0.2, 0.25) is 11.8 Å². The summed E-state index contributed by atoms with van der Waals surface area (Å²) in [6.07, 6.45) is 1.95. The Morgan fingerprint density at radius 3 is 2.45 bits per heavy atom. The van der Waals surface area contributed by atoms with Gasteiger partial charge in [-0.3, -0.25) is 9.59 Å². The summed E-state index contributed by atoms with van der Waals surface area (Å²) in [5.74, 6) is -0.171. The van der Waals surface area contributed by atoms with Gasteiger partial charge in [-0.05, 0) is 37.1 Å². The minimum Gasteiger partial charge on any atom is -0.497 e. The van der Waals surface area contributed by atoms with E-state index in [9.17, 15) is 14.0 Å². The summed E-state index contributed by atoms with van der Waals surface area (Å²) in [7, 11) is 1.58. The van der Waals surface area contributed by atoms with Crippen LogP contribution in [0.15, 0.2) is 48.5 Å². The monoisotopic (exact) mass is 400 g/mol. The number of methoxy groups -OCH3 is 1. The molecule has 0 radical (unpaired) electrons. The van der Waals surface area contributed by atoms with E-state index in [-0.39, 0.29) is 24.8 Å². The third-order valence-corrected chi connectivity index (χ3v) is 4.81. The number of carbonyl (C=O) groups is 2. The van der Waals surface area contributed by atoms with Gasteiger partial charge in [-0.1, -0.05) is 43.7 Å². The van der Waals surface area contributed by atoms with Crippen LogP contribution in [0.4, 0.5) is 4.39 Å². The Morgan fingerprint density at radius 2 is 1.83 bits per heavy atom. The van der Waals surface area contributed by atoms with Crippen molar-refractivity contribution in [1.29, 1.82) is 0 Å². The molecule has 29 heavy (non-hydrogen) atoms. The number of nitrogens with one attached hydrogen (secondary N) is 1. The van der Waals surface area contributed by atoms with Gasteiger partial charge in [0.1, 0.15) is 17.6 Å². The van der Waals surface area contributed by atoms with Gasteiger partial charge in [0.25, 0.3) is 0 Å². The maximum Gasteiger partial charge on any atom is 0.242 e. The summed E-state index contributed by atoms with van der Waals surface area (Å²) in [6, 6.07) is 12.8. The molecule has 0 aliphatic carbocycles. The van der Waals surface area contributed by atoms with E-state index in [1.165, 1.54) is 11.0 Å². The third kappa shape index (κ3) is 6.59. The molecule has 0 spiro atoms. The van der Waals surface area contributed by atoms with Gasteiger partial charge in [-0.25, -0.2) is 4.39 Å². The minimum atomic E-state index is -0.711. The largest absolute Gasteiger partial charge is 0.497 e. The molecule has 0 fully saturated rings. The lowest BCUT2D eigenvalue weighted by atomic mass is 10.1. The molecule has 156 valence electrons. The van der Waals surface area contributed by atoms with Crippen molar-refractivity contribution in [3.05, 3.63) is 65.5 Å². The minimum absolute atomic E-state index is 0.0318. The van der Waals surface area contributed by atoms with Crippen molar-refractivity contribution in [2.75, 3.05) is 13.7 Å². The van der Waals surface area contributed by atoms with Gasteiger partial charge in [-0.2, -0.15) is 0 Å². The lowest BCUT2D eigenvalue weighted by Gasteiger charge is -2.29. The highest BCUT2D eigenvalue weighted by atomic mass is 19.1. The molecule has 2 aromatic carbocycles. The highest BCUT2D eigenvalue weighted by Gasteiger charge is 2.26. The number of carbonyl (C=O) groups excluding carboxylic acids is 2. The Hall–Kier alpha value is -2.89. The SMILES string of the molecule is CCCCNC(=O)[C@H](C)N(Cc1ccccc1F)C(=O)Cc1ccc(OC)cc1. The summed E-state index contributed by atoms with van der Waals surface area (Å²) in [5, 5.41) is 2.85. The first-order valence-corrected chi connectivity index (χ1v) is 9.89. The summed E-state index contributed by atoms with van der Waals surface area (Å²) >= 11 is 0. The first kappa shape index (κ1) is 22.4. The van der Waals surface area contributed by atoms with E-state index in [2.05, 4.69) is 5.32 Å². The lowest BCUT2D eigenvalue weighted by molar-refractivity contribution is -0.140. The molecule has 1 N–H and O–H groups in total. The number of ether oxygens (including phenoxy) is 1. The topological polar surface area (TPSA) is 58.6 Å². The maximum atomic E-state index is 14.2. The van der Waals surface area contributed by atoms with Crippen LogP contribution in [-0.4, -0.2) is 36.4 Å². The molecule has 6 heteroatoms. The van der Waals surface area contributed by atoms with Crippen molar-refractivity contribution in [2.45, 2.75) is 45.7 Å². The van der Waals surface area contributed by atoms with Crippen LogP contribution in [0.5, 0.6) is 5.75 Å². The third-order valence-electron chi connectivity index (χ3n) is 4.81. The molecule has 0 aromatic heterocycles. The van der Waals surface area contributed by atoms with E-state index in [4.69, 9.17) is 4.74 Å². The smallest absolute Gasteiger partial charge is 0.242 e. The number of hydrogen-bond donors (Lipinski definition) is 1. The number of amides is 2. The van der Waals surface area contributed by atoms with Crippen LogP contribution in [-0.2, 0) is 22.6 Å². The molecule has 0 unspecified atom stereocenters. The summed E-state index contributed by atoms with van der Waals surface area (Å²) < 4.78 is 19.3. The van der Waals surface area contributed by atoms with E-state index in [0.29, 0.717) is 17.9 Å². The second-order valence-corrected chi connectivity index (χ2v) is 6.96. The molecule has 2 rings (SSSR count). The number of halogens is 1. The number of rotatable bonds is 10. The highest BCUT2D eigenvalue weighted by molar-refractivity contribution is 5.88. The summed E-state index contributed by atoms with van der Waals surface area (Å²) in [6.45, 7) is 4.30. The molecule has 5 nitrogen and oxygen atoms in total. The van der Waals surface area contributed by atoms with E-state index in [1.54, 1.807) is 44.4 Å². The van der Waals surface area contributed by atoms with Gasteiger partial charge in [0.15, 0.2) is 0 Å². The molecule has 0 heterocycles. The molecular weight excluding hydrogens is 371 g/mol. The van der Waals surface area contributed by atoms with E-state index < -0.39 is 11.9 Å². The van der Waals surface area contributed by atoms with Gasteiger partial charge in [0, 0.05) is 18.7 Å². The average molecular weight is 400 g/mol. The predicted octanol–water partition coefficient (Wildman–Crippen LogP) is 3.71. The van der Waals surface area contributed by atoms with Crippen LogP contribution in [0.3, 0.4) is 0 Å². The fourth-order valence-corrected chi connectivity index (χ4v) is 2.95. The Balaban J connectivity index is 2.18. The second kappa shape index (κ2) is 11.2. The van der Waals surface area contributed by atoms with Gasteiger partial charge in [-0.15, -0.1) is 0 Å². The number of nitrogens with zero attached hydrogens (tertiary/aromatic N) is 1. The normalized spacial score (nSPS) is 11.6. The van der Waals surface area contributed by atoms with E-state index in [0.717, 1.165) is 18.4 Å². The molecule has 2 aromatic rings. The number of benzene rings is 2. The lowest BCUT2D eigenvalue weighted by Crippen LogP contribution is -2.48. The maximum absolute atomic E-state index is 14.2. The Labute approximate surface area is 171 Å². The quantitative estimate of drug-likeness (QED) is 0.619. The Bertz CT molecular complexity index is 808. The van der Waals surface area contributed by atoms with Crippen molar-refractivity contribution in [3.63, 3.8) is 0 Å². The molecule has 0 saturated heterocycles. The summed E-state index contributed by atoms with van der Waals surface area (Å²) in [4.78, 5) is 27.0. The first-order chi connectivity index (χ1) is 14.0. The van der Waals surface area contributed by atoms with Crippen LogP contribution in [0.2, 0.25) is 0 Å². The van der Waals surface area contributed by atoms with Gasteiger partial charge >= 0.3 is 0 Å². The van der Waals surface area contributed by atoms with Gasteiger partial charge in [0.05, 0.1) is 13.5 Å². The van der Waals surface area contributed by atoms with Crippen LogP contribution >= 0.6 is 0 Å². The molecular formula is C23H29FN2O3. The van der Waals surface area contributed by atoms with Crippen molar-refractivity contribution in [3.8, 4) is 5.75 Å². The number of unbranched alkanes of at least 4 members (excludes halogenated alkanes) is 1. The standard InChI is InChI=1S/C23H29FN2O3/c1-4-5-14-25-23(28)17(2)26(16-19-8-6-7-9-21(19)24)22(27)15-18-10-12-20(29-3)13-11-18/h6-13,17H,4-5,14-16H2,1-3H3,(H,25,28)/t17-/m0/s1. The van der Waals surface area contributed by atoms with Gasteiger partial charge < -0.3 is 15.0 Å². The van der Waals surface area contributed by atoms with Crippen LogP contribution in [0, 0.1) is 5.82 Å². The summed E-state index contributed by atoms with van der Waals surface area (Å²) in [5.41, 5.74) is 1.18. The molecule has 0 aliphatic rings. The zero-order valence-corrected chi connectivity index (χ0v) is 17.3. The zero-order valence-electron chi connectivity index (χ0n) is 17.3. The van der Waals surface area contributed by atoms with E-state index >= 15 is 0 Å².